The standard InChI is InChI=1S/C28H24F2N4.2ClH/c29-22-11-7-20(8-12-22)27(21-9-13-23(30)14-10-21)32-16-18-33(19-17-32)28-26-6-3-15-34(26)25-5-2-1-4-24(25)31-28;;/h1-15,27H,16-19H2;2*1H. The normalized spacial score (nSPS) is 17.6. The summed E-state index contributed by atoms with van der Waals surface area (Å²) < 4.78 is 29.5. The molecule has 4 nitrogen and oxygen atoms in total. The molecule has 186 valence electrons. The van der Waals surface area contributed by atoms with Crippen molar-refractivity contribution in [3.63, 3.8) is 0 Å². The first-order chi connectivity index (χ1) is 16.7. The van der Waals surface area contributed by atoms with Crippen molar-refractivity contribution in [1.29, 1.82) is 0 Å². The maximum atomic E-state index is 13.6. The summed E-state index contributed by atoms with van der Waals surface area (Å²) in [7, 11) is 0. The summed E-state index contributed by atoms with van der Waals surface area (Å²) in [5.41, 5.74) is 5.35. The van der Waals surface area contributed by atoms with Gasteiger partial charge in [-0.2, -0.15) is 4.98 Å². The molecule has 0 bridgehead atoms. The number of aromatic nitrogens is 2. The van der Waals surface area contributed by atoms with Crippen LogP contribution in [0.25, 0.3) is 16.6 Å². The molecular formula is C28H26Cl2F2N4. The van der Waals surface area contributed by atoms with Gasteiger partial charge in [-0.1, -0.05) is 12.1 Å². The molecule has 3 aromatic carbocycles. The Bertz CT molecular complexity index is 1400. The first kappa shape index (κ1) is 26.0. The smallest absolute Gasteiger partial charge is 0.251 e. The van der Waals surface area contributed by atoms with E-state index in [-0.39, 0.29) is 42.5 Å². The van der Waals surface area contributed by atoms with Crippen molar-refractivity contribution in [3.05, 3.63) is 114 Å². The van der Waals surface area contributed by atoms with Gasteiger partial charge in [0.25, 0.3) is 5.82 Å². The van der Waals surface area contributed by atoms with Gasteiger partial charge in [0.2, 0.25) is 0 Å². The number of quaternary nitrogens is 2. The molecule has 8 heteroatoms. The fraction of sp³-hybridized carbons (Fsp3) is 0.179. The summed E-state index contributed by atoms with van der Waals surface area (Å²) in [6.07, 6.45) is 2.10. The first-order valence-corrected chi connectivity index (χ1v) is 11.7. The number of halogens is 4. The van der Waals surface area contributed by atoms with Crippen LogP contribution in [0.1, 0.15) is 17.2 Å². The Kier molecular flexibility index (Phi) is 7.91. The molecule has 3 heterocycles. The Balaban J connectivity index is 0.00000152. The zero-order chi connectivity index (χ0) is 23.1. The summed E-state index contributed by atoms with van der Waals surface area (Å²) in [5, 5.41) is 0. The van der Waals surface area contributed by atoms with Gasteiger partial charge in [0.1, 0.15) is 49.4 Å². The maximum absolute atomic E-state index is 13.6. The third-order valence-electron chi connectivity index (χ3n) is 7.01. The minimum atomic E-state index is -0.246. The molecule has 1 aliphatic rings. The van der Waals surface area contributed by atoms with Gasteiger partial charge < -0.3 is 34.1 Å². The molecule has 2 aromatic heterocycles. The number of fused-ring (bicyclic) bond motifs is 3. The lowest BCUT2D eigenvalue weighted by molar-refractivity contribution is -1.00. The van der Waals surface area contributed by atoms with Crippen LogP contribution in [0.2, 0.25) is 0 Å². The summed E-state index contributed by atoms with van der Waals surface area (Å²) in [6.45, 7) is 3.72. The van der Waals surface area contributed by atoms with Crippen molar-refractivity contribution in [2.24, 2.45) is 0 Å². The van der Waals surface area contributed by atoms with E-state index in [0.717, 1.165) is 59.7 Å². The number of nitrogens with one attached hydrogen (secondary N) is 2. The van der Waals surface area contributed by atoms with Crippen LogP contribution in [-0.2, 0) is 0 Å². The summed E-state index contributed by atoms with van der Waals surface area (Å²) in [6, 6.07) is 25.9. The number of para-hydroxylation sites is 2. The lowest BCUT2D eigenvalue weighted by Crippen LogP contribution is -3.26. The third kappa shape index (κ3) is 4.82. The van der Waals surface area contributed by atoms with Crippen LogP contribution in [0.15, 0.2) is 91.1 Å². The topological polar surface area (TPSA) is 26.2 Å². The molecule has 0 unspecified atom stereocenters. The van der Waals surface area contributed by atoms with Crippen LogP contribution in [0.5, 0.6) is 0 Å². The predicted molar refractivity (Wildman–Crippen MR) is 128 cm³/mol. The van der Waals surface area contributed by atoms with E-state index in [9.17, 15) is 8.78 Å². The molecule has 5 aromatic rings. The lowest BCUT2D eigenvalue weighted by Gasteiger charge is -2.34. The van der Waals surface area contributed by atoms with Crippen molar-refractivity contribution in [2.45, 2.75) is 6.04 Å². The van der Waals surface area contributed by atoms with E-state index in [0.29, 0.717) is 0 Å². The van der Waals surface area contributed by atoms with Crippen molar-refractivity contribution < 1.29 is 43.4 Å². The van der Waals surface area contributed by atoms with Crippen molar-refractivity contribution in [3.8, 4) is 0 Å². The Morgan fingerprint density at radius 3 is 1.83 bits per heavy atom. The number of hydrogen-bond acceptors (Lipinski definition) is 1. The van der Waals surface area contributed by atoms with Gasteiger partial charge >= 0.3 is 0 Å². The number of nitrogens with zero attached hydrogens (tertiary/aromatic N) is 2. The number of benzene rings is 3. The molecule has 1 saturated heterocycles. The van der Waals surface area contributed by atoms with E-state index in [1.807, 2.05) is 36.4 Å². The fourth-order valence-corrected chi connectivity index (χ4v) is 5.36. The van der Waals surface area contributed by atoms with Crippen molar-refractivity contribution in [2.75, 3.05) is 26.2 Å². The van der Waals surface area contributed by atoms with Crippen LogP contribution in [0.3, 0.4) is 0 Å². The van der Waals surface area contributed by atoms with Gasteiger partial charge in [-0.3, -0.25) is 4.90 Å². The minimum absolute atomic E-state index is 0. The molecule has 0 aliphatic carbocycles. The molecule has 0 amide bonds. The molecule has 0 radical (unpaired) electrons. The Hall–Kier alpha value is -3.03. The number of rotatable bonds is 4. The van der Waals surface area contributed by atoms with Gasteiger partial charge in [0.05, 0.1) is 11.0 Å². The minimum Gasteiger partial charge on any atom is -1.00 e. The van der Waals surface area contributed by atoms with Crippen LogP contribution in [0, 0.1) is 11.6 Å². The lowest BCUT2D eigenvalue weighted by atomic mass is 9.96. The molecule has 0 spiro atoms. The average molecular weight is 527 g/mol. The van der Waals surface area contributed by atoms with Crippen molar-refractivity contribution >= 4 is 22.4 Å². The van der Waals surface area contributed by atoms with Gasteiger partial charge in [-0.25, -0.2) is 8.78 Å². The highest BCUT2D eigenvalue weighted by Crippen LogP contribution is 2.22. The molecule has 1 aliphatic heterocycles. The van der Waals surface area contributed by atoms with E-state index >= 15 is 0 Å². The molecule has 36 heavy (non-hydrogen) atoms. The van der Waals surface area contributed by atoms with Crippen LogP contribution in [0.4, 0.5) is 14.6 Å². The molecular weight excluding hydrogens is 501 g/mol. The SMILES string of the molecule is Fc1ccc(C(c2ccc(F)cc2)[NH+]2CC[NH+](c3nc4ccccc4n4cccc34)CC2)cc1.[Cl-].[Cl-]. The Morgan fingerprint density at radius 1 is 0.667 bits per heavy atom. The summed E-state index contributed by atoms with van der Waals surface area (Å²) in [5.74, 6) is 0.594. The molecule has 0 atom stereocenters. The number of hydrogen-bond donors (Lipinski definition) is 2. The second-order valence-corrected chi connectivity index (χ2v) is 9.01. The quantitative estimate of drug-likeness (QED) is 0.256. The summed E-state index contributed by atoms with van der Waals surface area (Å²) in [4.78, 5) is 7.82. The van der Waals surface area contributed by atoms with Gasteiger partial charge in [-0.15, -0.1) is 0 Å². The highest BCUT2D eigenvalue weighted by molar-refractivity contribution is 5.82. The maximum Gasteiger partial charge on any atom is 0.251 e. The largest absolute Gasteiger partial charge is 1.00 e. The van der Waals surface area contributed by atoms with Gasteiger partial charge in [-0.05, 0) is 72.8 Å². The van der Waals surface area contributed by atoms with E-state index < -0.39 is 0 Å². The van der Waals surface area contributed by atoms with Gasteiger partial charge in [0, 0.05) is 17.3 Å². The van der Waals surface area contributed by atoms with E-state index in [4.69, 9.17) is 4.98 Å². The second-order valence-electron chi connectivity index (χ2n) is 9.01. The number of piperazine rings is 1. The van der Waals surface area contributed by atoms with E-state index in [2.05, 4.69) is 34.9 Å². The fourth-order valence-electron chi connectivity index (χ4n) is 5.36. The Morgan fingerprint density at radius 2 is 1.22 bits per heavy atom. The van der Waals surface area contributed by atoms with Crippen molar-refractivity contribution in [1.82, 2.24) is 9.38 Å². The first-order valence-electron chi connectivity index (χ1n) is 11.7. The monoisotopic (exact) mass is 526 g/mol. The average Bonchev–Trinajstić information content (AvgIpc) is 3.37. The van der Waals surface area contributed by atoms with Crippen LogP contribution in [-0.4, -0.2) is 35.6 Å². The highest BCUT2D eigenvalue weighted by Gasteiger charge is 2.34. The van der Waals surface area contributed by atoms with E-state index in [1.54, 1.807) is 0 Å². The third-order valence-corrected chi connectivity index (χ3v) is 7.01. The zero-order valence-electron chi connectivity index (χ0n) is 19.5. The molecule has 6 rings (SSSR count). The van der Waals surface area contributed by atoms with Crippen LogP contribution < -0.4 is 34.6 Å². The van der Waals surface area contributed by atoms with Crippen LogP contribution >= 0.6 is 0 Å². The molecule has 1 fully saturated rings. The van der Waals surface area contributed by atoms with Gasteiger partial charge in [0.15, 0.2) is 0 Å². The Labute approximate surface area is 221 Å². The highest BCUT2D eigenvalue weighted by atomic mass is 35.5. The predicted octanol–water partition coefficient (Wildman–Crippen LogP) is -3.02. The second kappa shape index (κ2) is 10.9. The molecule has 2 N–H and O–H groups in total. The molecule has 0 saturated carbocycles. The van der Waals surface area contributed by atoms with E-state index in [1.165, 1.54) is 34.1 Å². The summed E-state index contributed by atoms with van der Waals surface area (Å²) >= 11 is 0. The zero-order valence-corrected chi connectivity index (χ0v) is 21.0.